The van der Waals surface area contributed by atoms with E-state index in [0.29, 0.717) is 10.8 Å². The molecule has 1 aromatic rings. The van der Waals surface area contributed by atoms with Crippen molar-refractivity contribution in [3.05, 3.63) is 11.2 Å². The molecule has 0 aromatic carbocycles. The van der Waals surface area contributed by atoms with Gasteiger partial charge in [-0.1, -0.05) is 18.5 Å². The highest BCUT2D eigenvalue weighted by molar-refractivity contribution is 6.32. The molecule has 84 valence electrons. The van der Waals surface area contributed by atoms with Gasteiger partial charge in [0.05, 0.1) is 0 Å². The van der Waals surface area contributed by atoms with Crippen molar-refractivity contribution in [2.45, 2.75) is 26.3 Å². The molecule has 0 aliphatic carbocycles. The summed E-state index contributed by atoms with van der Waals surface area (Å²) in [4.78, 5) is 0. The van der Waals surface area contributed by atoms with E-state index < -0.39 is 0 Å². The van der Waals surface area contributed by atoms with E-state index in [1.807, 2.05) is 4.68 Å². The molecule has 2 rings (SSSR count). The average molecular weight is 230 g/mol. The van der Waals surface area contributed by atoms with E-state index in [-0.39, 0.29) is 5.41 Å². The van der Waals surface area contributed by atoms with Gasteiger partial charge in [-0.05, 0) is 18.3 Å². The lowest BCUT2D eigenvalue weighted by molar-refractivity contribution is 0.0139. The van der Waals surface area contributed by atoms with Gasteiger partial charge in [0.15, 0.2) is 5.82 Å². The van der Waals surface area contributed by atoms with Crippen LogP contribution in [-0.2, 0) is 11.3 Å². The first kappa shape index (κ1) is 10.8. The van der Waals surface area contributed by atoms with Crippen LogP contribution in [0.5, 0.6) is 0 Å². The standard InChI is InChI=1S/C10H16ClN3O/c1-10(2-4-15-5-3-10)7-14-6-8(11)9(12)13-14/h6H,2-5,7H2,1H3,(H2,12,13). The Morgan fingerprint density at radius 2 is 2.27 bits per heavy atom. The summed E-state index contributed by atoms with van der Waals surface area (Å²) in [6.45, 7) is 4.77. The fourth-order valence-corrected chi connectivity index (χ4v) is 2.06. The highest BCUT2D eigenvalue weighted by Gasteiger charge is 2.28. The van der Waals surface area contributed by atoms with Crippen LogP contribution in [0.3, 0.4) is 0 Å². The minimum Gasteiger partial charge on any atom is -0.381 e. The number of halogens is 1. The van der Waals surface area contributed by atoms with Gasteiger partial charge in [-0.15, -0.1) is 0 Å². The zero-order valence-electron chi connectivity index (χ0n) is 8.87. The summed E-state index contributed by atoms with van der Waals surface area (Å²) >= 11 is 5.86. The third-order valence-corrected chi connectivity index (χ3v) is 3.28. The molecule has 0 radical (unpaired) electrons. The summed E-state index contributed by atoms with van der Waals surface area (Å²) in [6.07, 6.45) is 3.91. The minimum absolute atomic E-state index is 0.250. The number of anilines is 1. The average Bonchev–Trinajstić information content (AvgIpc) is 2.46. The summed E-state index contributed by atoms with van der Waals surface area (Å²) < 4.78 is 7.19. The van der Waals surface area contributed by atoms with Gasteiger partial charge in [0, 0.05) is 26.0 Å². The second-order valence-corrected chi connectivity index (χ2v) is 4.89. The summed E-state index contributed by atoms with van der Waals surface area (Å²) in [7, 11) is 0. The van der Waals surface area contributed by atoms with Crippen LogP contribution < -0.4 is 5.73 Å². The van der Waals surface area contributed by atoms with Gasteiger partial charge < -0.3 is 10.5 Å². The van der Waals surface area contributed by atoms with E-state index in [1.54, 1.807) is 6.20 Å². The Morgan fingerprint density at radius 3 is 2.80 bits per heavy atom. The Bertz CT molecular complexity index is 325. The first-order valence-corrected chi connectivity index (χ1v) is 5.53. The molecule has 1 fully saturated rings. The number of nitrogens with two attached hydrogens (primary N) is 1. The third kappa shape index (κ3) is 2.44. The topological polar surface area (TPSA) is 53.1 Å². The highest BCUT2D eigenvalue weighted by Crippen LogP contribution is 2.32. The predicted molar refractivity (Wildman–Crippen MR) is 59.8 cm³/mol. The molecule has 0 unspecified atom stereocenters. The lowest BCUT2D eigenvalue weighted by Crippen LogP contribution is -2.31. The first-order valence-electron chi connectivity index (χ1n) is 5.15. The number of nitrogen functional groups attached to an aromatic ring is 1. The van der Waals surface area contributed by atoms with Gasteiger partial charge in [-0.3, -0.25) is 4.68 Å². The SMILES string of the molecule is CC1(Cn2cc(Cl)c(N)n2)CCOCC1. The van der Waals surface area contributed by atoms with Crippen molar-refractivity contribution in [2.24, 2.45) is 5.41 Å². The van der Waals surface area contributed by atoms with Crippen molar-refractivity contribution < 1.29 is 4.74 Å². The van der Waals surface area contributed by atoms with E-state index >= 15 is 0 Å². The number of ether oxygens (including phenoxy) is 1. The lowest BCUT2D eigenvalue weighted by Gasteiger charge is -2.33. The monoisotopic (exact) mass is 229 g/mol. The molecule has 0 saturated carbocycles. The number of nitrogens with zero attached hydrogens (tertiary/aromatic N) is 2. The molecular weight excluding hydrogens is 214 g/mol. The van der Waals surface area contributed by atoms with Crippen molar-refractivity contribution in [1.82, 2.24) is 9.78 Å². The quantitative estimate of drug-likeness (QED) is 0.843. The van der Waals surface area contributed by atoms with E-state index in [9.17, 15) is 0 Å². The molecule has 0 atom stereocenters. The smallest absolute Gasteiger partial charge is 0.164 e. The molecule has 1 saturated heterocycles. The van der Waals surface area contributed by atoms with Crippen LogP contribution in [0.15, 0.2) is 6.20 Å². The fourth-order valence-electron chi connectivity index (χ4n) is 1.91. The van der Waals surface area contributed by atoms with Crippen LogP contribution in [0.25, 0.3) is 0 Å². The van der Waals surface area contributed by atoms with E-state index in [2.05, 4.69) is 12.0 Å². The van der Waals surface area contributed by atoms with E-state index in [1.165, 1.54) is 0 Å². The molecule has 5 heteroatoms. The fraction of sp³-hybridized carbons (Fsp3) is 0.700. The van der Waals surface area contributed by atoms with Gasteiger partial charge in [0.25, 0.3) is 0 Å². The Hall–Kier alpha value is -0.740. The van der Waals surface area contributed by atoms with Crippen molar-refractivity contribution in [2.75, 3.05) is 18.9 Å². The maximum atomic E-state index is 5.86. The predicted octanol–water partition coefficient (Wildman–Crippen LogP) is 1.94. The van der Waals surface area contributed by atoms with Crippen LogP contribution in [0.2, 0.25) is 5.02 Å². The van der Waals surface area contributed by atoms with Crippen molar-refractivity contribution >= 4 is 17.4 Å². The molecule has 15 heavy (non-hydrogen) atoms. The number of hydrogen-bond acceptors (Lipinski definition) is 3. The van der Waals surface area contributed by atoms with Crippen LogP contribution >= 0.6 is 11.6 Å². The lowest BCUT2D eigenvalue weighted by atomic mass is 9.82. The molecular formula is C10H16ClN3O. The van der Waals surface area contributed by atoms with Crippen molar-refractivity contribution in [3.63, 3.8) is 0 Å². The molecule has 2 heterocycles. The summed E-state index contributed by atoms with van der Waals surface area (Å²) in [5, 5.41) is 4.70. The summed E-state index contributed by atoms with van der Waals surface area (Å²) in [6, 6.07) is 0. The molecule has 4 nitrogen and oxygen atoms in total. The van der Waals surface area contributed by atoms with Gasteiger partial charge in [0.2, 0.25) is 0 Å². The van der Waals surface area contributed by atoms with Gasteiger partial charge in [-0.25, -0.2) is 0 Å². The number of hydrogen-bond donors (Lipinski definition) is 1. The Labute approximate surface area is 94.3 Å². The van der Waals surface area contributed by atoms with Gasteiger partial charge >= 0.3 is 0 Å². The third-order valence-electron chi connectivity index (χ3n) is 2.99. The molecule has 0 amide bonds. The maximum Gasteiger partial charge on any atom is 0.164 e. The summed E-state index contributed by atoms with van der Waals surface area (Å²) in [5.74, 6) is 0.410. The molecule has 1 aliphatic heterocycles. The largest absolute Gasteiger partial charge is 0.381 e. The van der Waals surface area contributed by atoms with Gasteiger partial charge in [-0.2, -0.15) is 5.10 Å². The van der Waals surface area contributed by atoms with E-state index in [0.717, 1.165) is 32.6 Å². The zero-order valence-corrected chi connectivity index (χ0v) is 9.63. The highest BCUT2D eigenvalue weighted by atomic mass is 35.5. The Balaban J connectivity index is 2.06. The Kier molecular flexibility index (Phi) is 2.89. The van der Waals surface area contributed by atoms with Crippen molar-refractivity contribution in [1.29, 1.82) is 0 Å². The second-order valence-electron chi connectivity index (χ2n) is 4.48. The van der Waals surface area contributed by atoms with Crippen LogP contribution in [0, 0.1) is 5.41 Å². The van der Waals surface area contributed by atoms with Crippen molar-refractivity contribution in [3.8, 4) is 0 Å². The summed E-state index contributed by atoms with van der Waals surface area (Å²) in [5.41, 5.74) is 5.85. The van der Waals surface area contributed by atoms with Gasteiger partial charge in [0.1, 0.15) is 5.02 Å². The molecule has 1 aliphatic rings. The molecule has 2 N–H and O–H groups in total. The molecule has 1 aromatic heterocycles. The molecule has 0 spiro atoms. The van der Waals surface area contributed by atoms with Crippen LogP contribution in [0.4, 0.5) is 5.82 Å². The normalized spacial score (nSPS) is 20.4. The Morgan fingerprint density at radius 1 is 1.60 bits per heavy atom. The van der Waals surface area contributed by atoms with E-state index in [4.69, 9.17) is 22.1 Å². The van der Waals surface area contributed by atoms with Crippen LogP contribution in [0.1, 0.15) is 19.8 Å². The minimum atomic E-state index is 0.250. The first-order chi connectivity index (χ1) is 7.09. The number of aromatic nitrogens is 2. The zero-order chi connectivity index (χ0) is 10.9. The number of rotatable bonds is 2. The second kappa shape index (κ2) is 4.02. The maximum absolute atomic E-state index is 5.86. The van der Waals surface area contributed by atoms with Crippen LogP contribution in [-0.4, -0.2) is 23.0 Å². The molecule has 0 bridgehead atoms.